The third-order valence-corrected chi connectivity index (χ3v) is 3.71. The summed E-state index contributed by atoms with van der Waals surface area (Å²) in [6.45, 7) is 4.46. The van der Waals surface area contributed by atoms with Crippen molar-refractivity contribution in [2.24, 2.45) is 5.73 Å². The molecule has 0 aromatic heterocycles. The monoisotopic (exact) mass is 495 g/mol. The van der Waals surface area contributed by atoms with Crippen LogP contribution in [0.1, 0.15) is 34.6 Å². The number of aliphatic carboxylic acids is 2. The van der Waals surface area contributed by atoms with Gasteiger partial charge in [-0.05, 0) is 0 Å². The molecule has 15 nitrogen and oxygen atoms in total. The number of esters is 4. The fraction of sp³-hybridized carbons (Fsp3) is 0.684. The van der Waals surface area contributed by atoms with E-state index in [-0.39, 0.29) is 0 Å². The first kappa shape index (κ1) is 30.7. The van der Waals surface area contributed by atoms with Gasteiger partial charge in [0.25, 0.3) is 5.97 Å². The number of hydrogen-bond acceptors (Lipinski definition) is 13. The van der Waals surface area contributed by atoms with Gasteiger partial charge in [-0.1, -0.05) is 0 Å². The first-order valence-electron chi connectivity index (χ1n) is 9.75. The minimum Gasteiger partial charge on any atom is -0.481 e. The van der Waals surface area contributed by atoms with Gasteiger partial charge in [-0.3, -0.25) is 28.8 Å². The average molecular weight is 495 g/mol. The Kier molecular flexibility index (Phi) is 13.3. The lowest BCUT2D eigenvalue weighted by molar-refractivity contribution is -0.308. The number of carboxylic acids is 2. The van der Waals surface area contributed by atoms with E-state index in [4.69, 9.17) is 49.2 Å². The van der Waals surface area contributed by atoms with Gasteiger partial charge in [0.2, 0.25) is 0 Å². The van der Waals surface area contributed by atoms with Crippen LogP contribution < -0.4 is 5.73 Å². The largest absolute Gasteiger partial charge is 0.481 e. The Bertz CT molecular complexity index is 749. The molecule has 0 bridgehead atoms. The molecule has 1 saturated heterocycles. The Morgan fingerprint density at radius 2 is 1.24 bits per heavy atom. The summed E-state index contributed by atoms with van der Waals surface area (Å²) in [5.74, 6) is -5.25. The molecule has 1 fully saturated rings. The Morgan fingerprint density at radius 3 is 1.65 bits per heavy atom. The van der Waals surface area contributed by atoms with E-state index in [2.05, 4.69) is 0 Å². The molecule has 0 saturated carbocycles. The normalized spacial score (nSPS) is 24.4. The van der Waals surface area contributed by atoms with Crippen LogP contribution in [-0.2, 0) is 57.2 Å². The van der Waals surface area contributed by atoms with Gasteiger partial charge in [0.05, 0.1) is 6.61 Å². The second kappa shape index (κ2) is 14.8. The summed E-state index contributed by atoms with van der Waals surface area (Å²) in [6, 6.07) is -1.43. The smallest absolute Gasteiger partial charge is 0.322 e. The van der Waals surface area contributed by atoms with Crippen LogP contribution in [-0.4, -0.2) is 96.0 Å². The zero-order chi connectivity index (χ0) is 26.6. The van der Waals surface area contributed by atoms with E-state index in [0.29, 0.717) is 0 Å². The maximum atomic E-state index is 11.6. The number of carbonyl (C=O) groups is 6. The third kappa shape index (κ3) is 12.1. The van der Waals surface area contributed by atoms with E-state index in [1.54, 1.807) is 0 Å². The quantitative estimate of drug-likeness (QED) is 0.247. The van der Waals surface area contributed by atoms with Crippen LogP contribution in [0, 0.1) is 0 Å². The van der Waals surface area contributed by atoms with Gasteiger partial charge in [0, 0.05) is 34.6 Å². The van der Waals surface area contributed by atoms with E-state index in [9.17, 15) is 24.0 Å². The molecular weight excluding hydrogens is 466 g/mol. The summed E-state index contributed by atoms with van der Waals surface area (Å²) in [7, 11) is 0. The molecule has 0 spiro atoms. The molecule has 0 amide bonds. The Morgan fingerprint density at radius 1 is 0.794 bits per heavy atom. The average Bonchev–Trinajstić information content (AvgIpc) is 2.66. The van der Waals surface area contributed by atoms with Gasteiger partial charge in [0.15, 0.2) is 24.6 Å². The highest BCUT2D eigenvalue weighted by Crippen LogP contribution is 2.30. The highest BCUT2D eigenvalue weighted by atomic mass is 16.7. The minimum absolute atomic E-state index is 0.428. The van der Waals surface area contributed by atoms with Crippen molar-refractivity contribution in [3.63, 3.8) is 0 Å². The highest BCUT2D eigenvalue weighted by molar-refractivity contribution is 5.73. The van der Waals surface area contributed by atoms with Crippen molar-refractivity contribution < 1.29 is 67.4 Å². The van der Waals surface area contributed by atoms with E-state index in [0.717, 1.165) is 34.6 Å². The van der Waals surface area contributed by atoms with E-state index in [1.807, 2.05) is 0 Å². The van der Waals surface area contributed by atoms with Crippen molar-refractivity contribution in [3.05, 3.63) is 0 Å². The molecule has 1 heterocycles. The number of rotatable bonds is 9. The molecule has 1 rings (SSSR count). The van der Waals surface area contributed by atoms with Crippen LogP contribution in [0.5, 0.6) is 0 Å². The Hall–Kier alpha value is -3.30. The molecule has 0 unspecified atom stereocenters. The van der Waals surface area contributed by atoms with Crippen LogP contribution in [0.2, 0.25) is 0 Å². The van der Waals surface area contributed by atoms with Gasteiger partial charge < -0.3 is 44.4 Å². The predicted octanol–water partition coefficient (Wildman–Crippen LogP) is -1.41. The lowest BCUT2D eigenvalue weighted by Crippen LogP contribution is -2.63. The second-order valence-corrected chi connectivity index (χ2v) is 6.86. The van der Waals surface area contributed by atoms with Crippen LogP contribution in [0.25, 0.3) is 0 Å². The molecule has 194 valence electrons. The molecule has 15 heteroatoms. The number of carbonyl (C=O) groups excluding carboxylic acids is 4. The zero-order valence-electron chi connectivity index (χ0n) is 19.2. The number of nitrogens with two attached hydrogens (primary N) is 1. The fourth-order valence-electron chi connectivity index (χ4n) is 2.59. The van der Waals surface area contributed by atoms with Gasteiger partial charge in [-0.15, -0.1) is 0 Å². The third-order valence-electron chi connectivity index (χ3n) is 3.71. The predicted molar refractivity (Wildman–Crippen MR) is 107 cm³/mol. The molecule has 34 heavy (non-hydrogen) atoms. The Labute approximate surface area is 194 Å². The molecule has 4 N–H and O–H groups in total. The maximum Gasteiger partial charge on any atom is 0.322 e. The molecule has 0 radical (unpaired) electrons. The van der Waals surface area contributed by atoms with Crippen LogP contribution in [0.15, 0.2) is 0 Å². The molecule has 0 aromatic rings. The summed E-state index contributed by atoms with van der Waals surface area (Å²) in [6.07, 6.45) is -6.85. The SMILES string of the molecule is CC(=O)O.CC(=O)OC[C@H]1O[C@@H](OC[C@H](N)C(=O)O)[C@H](OC(C)=O)[C@@H](OC(C)=O)[C@@H]1OC(C)=O. The van der Waals surface area contributed by atoms with Crippen molar-refractivity contribution in [1.82, 2.24) is 0 Å². The topological polar surface area (TPSA) is 224 Å². The molecule has 0 aliphatic carbocycles. The first-order valence-corrected chi connectivity index (χ1v) is 9.75. The van der Waals surface area contributed by atoms with Gasteiger partial charge in [-0.25, -0.2) is 0 Å². The molecule has 6 atom stereocenters. The highest BCUT2D eigenvalue weighted by Gasteiger charge is 2.52. The van der Waals surface area contributed by atoms with Crippen LogP contribution in [0.3, 0.4) is 0 Å². The summed E-state index contributed by atoms with van der Waals surface area (Å²) in [5.41, 5.74) is 5.41. The van der Waals surface area contributed by atoms with E-state index >= 15 is 0 Å². The maximum absolute atomic E-state index is 11.6. The van der Waals surface area contributed by atoms with Crippen molar-refractivity contribution in [3.8, 4) is 0 Å². The summed E-state index contributed by atoms with van der Waals surface area (Å²) in [4.78, 5) is 66.0. The first-order chi connectivity index (χ1) is 15.6. The lowest BCUT2D eigenvalue weighted by Gasteiger charge is -2.44. The zero-order valence-corrected chi connectivity index (χ0v) is 19.2. The summed E-state index contributed by atoms with van der Waals surface area (Å²) >= 11 is 0. The number of ether oxygens (including phenoxy) is 6. The second-order valence-electron chi connectivity index (χ2n) is 6.86. The van der Waals surface area contributed by atoms with E-state index < -0.39 is 85.8 Å². The van der Waals surface area contributed by atoms with Crippen molar-refractivity contribution >= 4 is 35.8 Å². The van der Waals surface area contributed by atoms with Gasteiger partial charge >= 0.3 is 29.8 Å². The summed E-state index contributed by atoms with van der Waals surface area (Å²) in [5, 5.41) is 16.3. The van der Waals surface area contributed by atoms with Crippen molar-refractivity contribution in [2.75, 3.05) is 13.2 Å². The Balaban J connectivity index is 0.00000251. The number of hydrogen-bond donors (Lipinski definition) is 3. The molecule has 0 aromatic carbocycles. The lowest BCUT2D eigenvalue weighted by atomic mass is 9.98. The van der Waals surface area contributed by atoms with Crippen LogP contribution >= 0.6 is 0 Å². The van der Waals surface area contributed by atoms with Crippen molar-refractivity contribution in [2.45, 2.75) is 71.4 Å². The van der Waals surface area contributed by atoms with Gasteiger partial charge in [-0.2, -0.15) is 0 Å². The number of carboxylic acid groups (broad SMARTS) is 2. The molecular formula is C19H29NO14. The molecule has 1 aliphatic heterocycles. The standard InChI is InChI=1S/C17H25NO12.C2H4O2/c1-7(19)25-6-12-13(27-8(2)20)14(28-9(3)21)15(29-10(4)22)17(30-12)26-5-11(18)16(23)24;1-2(3)4/h11-15,17H,5-6,18H2,1-4H3,(H,23,24);1H3,(H,3,4)/t11-,12+,13+,14-,15+,17+;/m0./s1. The minimum atomic E-state index is -1.48. The fourth-order valence-corrected chi connectivity index (χ4v) is 2.59. The van der Waals surface area contributed by atoms with Crippen LogP contribution in [0.4, 0.5) is 0 Å². The van der Waals surface area contributed by atoms with E-state index in [1.165, 1.54) is 0 Å². The molecule has 1 aliphatic rings. The van der Waals surface area contributed by atoms with Gasteiger partial charge in [0.1, 0.15) is 18.8 Å². The summed E-state index contributed by atoms with van der Waals surface area (Å²) < 4.78 is 31.4. The van der Waals surface area contributed by atoms with Crippen molar-refractivity contribution in [1.29, 1.82) is 0 Å².